The molecule has 8 heteroatoms. The summed E-state index contributed by atoms with van der Waals surface area (Å²) in [4.78, 5) is 32.2. The summed E-state index contributed by atoms with van der Waals surface area (Å²) in [5.74, 6) is 2.07. The second-order valence-electron chi connectivity index (χ2n) is 9.38. The van der Waals surface area contributed by atoms with Crippen LogP contribution < -0.4 is 10.2 Å². The van der Waals surface area contributed by atoms with Crippen LogP contribution in [-0.2, 0) is 4.79 Å². The van der Waals surface area contributed by atoms with Gasteiger partial charge in [-0.05, 0) is 74.9 Å². The van der Waals surface area contributed by atoms with E-state index < -0.39 is 0 Å². The second-order valence-corrected chi connectivity index (χ2v) is 9.81. The summed E-state index contributed by atoms with van der Waals surface area (Å²) in [7, 11) is 2.05. The number of carbonyl (C=O) groups is 2. The van der Waals surface area contributed by atoms with Crippen LogP contribution >= 0.6 is 11.6 Å². The maximum absolute atomic E-state index is 11.4. The zero-order valence-electron chi connectivity index (χ0n) is 18.6. The predicted octanol–water partition coefficient (Wildman–Crippen LogP) is 4.75. The number of hydrogen-bond acceptors (Lipinski definition) is 6. The van der Waals surface area contributed by atoms with E-state index in [9.17, 15) is 9.59 Å². The van der Waals surface area contributed by atoms with Crippen molar-refractivity contribution < 1.29 is 14.0 Å². The molecule has 2 aromatic heterocycles. The monoisotopic (exact) mass is 466 g/mol. The largest absolute Gasteiger partial charge is 0.440 e. The molecule has 3 aliphatic rings. The number of fused-ring (bicyclic) bond motifs is 1. The van der Waals surface area contributed by atoms with Gasteiger partial charge in [0.25, 0.3) is 0 Å². The third kappa shape index (κ3) is 4.39. The van der Waals surface area contributed by atoms with Crippen molar-refractivity contribution in [2.24, 2.45) is 5.41 Å². The zero-order valence-corrected chi connectivity index (χ0v) is 19.3. The van der Waals surface area contributed by atoms with Crippen LogP contribution in [0.3, 0.4) is 0 Å². The van der Waals surface area contributed by atoms with Gasteiger partial charge in [-0.25, -0.2) is 9.97 Å². The Hall–Kier alpha value is -2.77. The fourth-order valence-corrected chi connectivity index (χ4v) is 5.49. The van der Waals surface area contributed by atoms with Crippen LogP contribution in [-0.4, -0.2) is 41.8 Å². The lowest BCUT2D eigenvalue weighted by molar-refractivity contribution is -0.117. The topological polar surface area (TPSA) is 88.3 Å². The third-order valence-corrected chi connectivity index (χ3v) is 7.33. The average Bonchev–Trinajstić information content (AvgIpc) is 3.38. The van der Waals surface area contributed by atoms with Crippen LogP contribution in [0.15, 0.2) is 40.9 Å². The van der Waals surface area contributed by atoms with Crippen molar-refractivity contribution in [2.45, 2.75) is 50.5 Å². The predicted molar refractivity (Wildman–Crippen MR) is 127 cm³/mol. The summed E-state index contributed by atoms with van der Waals surface area (Å²) in [6.07, 6.45) is 8.82. The number of pyridine rings is 1. The molecule has 1 spiro atoms. The molecule has 3 fully saturated rings. The molecule has 1 saturated heterocycles. The highest BCUT2D eigenvalue weighted by Crippen LogP contribution is 2.61. The molecule has 0 radical (unpaired) electrons. The van der Waals surface area contributed by atoms with Gasteiger partial charge in [-0.3, -0.25) is 14.5 Å². The molecule has 33 heavy (non-hydrogen) atoms. The first-order chi connectivity index (χ1) is 16.0. The minimum absolute atomic E-state index is 0.0838. The van der Waals surface area contributed by atoms with Gasteiger partial charge in [0.05, 0.1) is 0 Å². The first-order valence-electron chi connectivity index (χ1n) is 11.4. The highest BCUT2D eigenvalue weighted by Gasteiger charge is 2.53. The summed E-state index contributed by atoms with van der Waals surface area (Å²) < 4.78 is 5.86. The molecule has 2 saturated carbocycles. The molecule has 3 heterocycles. The van der Waals surface area contributed by atoms with E-state index in [2.05, 4.69) is 22.3 Å². The fourth-order valence-electron chi connectivity index (χ4n) is 5.32. The Balaban J connectivity index is 0.000000146. The SMILES string of the molecule is CNC1CC2(C1)CC(c1nc3cc(Cl)ccc3o1)C2.O=Cc1ccnc(N2CCCC2=O)c1. The molecule has 0 unspecified atom stereocenters. The number of nitrogens with zero attached hydrogens (tertiary/aromatic N) is 3. The Labute approximate surface area is 197 Å². The van der Waals surface area contributed by atoms with Gasteiger partial charge in [0.15, 0.2) is 11.5 Å². The number of hydrogen-bond donors (Lipinski definition) is 1. The normalized spacial score (nSPS) is 26.0. The third-order valence-electron chi connectivity index (χ3n) is 7.10. The van der Waals surface area contributed by atoms with Gasteiger partial charge in [0.1, 0.15) is 17.6 Å². The first-order valence-corrected chi connectivity index (χ1v) is 11.8. The van der Waals surface area contributed by atoms with Crippen LogP contribution in [0.2, 0.25) is 5.02 Å². The van der Waals surface area contributed by atoms with E-state index in [1.165, 1.54) is 25.7 Å². The molecule has 6 rings (SSSR count). The molecular formula is C25H27ClN4O3. The van der Waals surface area contributed by atoms with Gasteiger partial charge < -0.3 is 9.73 Å². The van der Waals surface area contributed by atoms with Gasteiger partial charge in [-0.2, -0.15) is 0 Å². The Kier molecular flexibility index (Phi) is 5.93. The summed E-state index contributed by atoms with van der Waals surface area (Å²) in [5, 5.41) is 4.07. The molecule has 172 valence electrons. The molecule has 1 amide bonds. The van der Waals surface area contributed by atoms with Crippen molar-refractivity contribution in [1.82, 2.24) is 15.3 Å². The van der Waals surface area contributed by atoms with Gasteiger partial charge in [0, 0.05) is 41.7 Å². The number of oxazole rings is 1. The Morgan fingerprint density at radius 1 is 1.21 bits per heavy atom. The number of anilines is 1. The lowest BCUT2D eigenvalue weighted by atomic mass is 9.50. The van der Waals surface area contributed by atoms with Gasteiger partial charge in [-0.15, -0.1) is 0 Å². The number of rotatable bonds is 4. The number of halogens is 1. The summed E-state index contributed by atoms with van der Waals surface area (Å²) in [5.41, 5.74) is 2.86. The molecule has 3 aromatic rings. The number of benzene rings is 1. The number of carbonyl (C=O) groups excluding carboxylic acids is 2. The van der Waals surface area contributed by atoms with Crippen molar-refractivity contribution in [3.05, 3.63) is 53.0 Å². The molecule has 1 N–H and O–H groups in total. The molecule has 0 bridgehead atoms. The van der Waals surface area contributed by atoms with Gasteiger partial charge >= 0.3 is 0 Å². The van der Waals surface area contributed by atoms with Crippen molar-refractivity contribution in [3.8, 4) is 0 Å². The number of nitrogens with one attached hydrogen (secondary N) is 1. The van der Waals surface area contributed by atoms with E-state index in [-0.39, 0.29) is 5.91 Å². The zero-order chi connectivity index (χ0) is 23.0. The molecule has 7 nitrogen and oxygen atoms in total. The summed E-state index contributed by atoms with van der Waals surface area (Å²) in [6.45, 7) is 0.703. The lowest BCUT2D eigenvalue weighted by Gasteiger charge is -2.57. The molecule has 0 atom stereocenters. The Bertz CT molecular complexity index is 1180. The maximum atomic E-state index is 11.4. The van der Waals surface area contributed by atoms with Gasteiger partial charge in [0.2, 0.25) is 5.91 Å². The summed E-state index contributed by atoms with van der Waals surface area (Å²) in [6, 6.07) is 9.61. The summed E-state index contributed by atoms with van der Waals surface area (Å²) >= 11 is 5.98. The molecule has 2 aliphatic carbocycles. The van der Waals surface area contributed by atoms with E-state index in [1.807, 2.05) is 18.2 Å². The number of aldehydes is 1. The number of amides is 1. The standard InChI is InChI=1S/C15H17ClN2O.C10H10N2O2/c1-17-11-7-15(8-11)5-9(6-15)14-18-12-4-10(16)2-3-13(12)19-14;13-7-8-3-4-11-9(6-8)12-5-1-2-10(12)14/h2-4,9,11,17H,5-8H2,1H3;3-4,6-7H,1-2,5H2. The fraction of sp³-hybridized carbons (Fsp3) is 0.440. The number of aromatic nitrogens is 2. The van der Waals surface area contributed by atoms with Crippen LogP contribution in [0.1, 0.15) is 60.7 Å². The van der Waals surface area contributed by atoms with Crippen LogP contribution in [0.5, 0.6) is 0 Å². The average molecular weight is 467 g/mol. The smallest absolute Gasteiger partial charge is 0.228 e. The minimum Gasteiger partial charge on any atom is -0.440 e. The van der Waals surface area contributed by atoms with E-state index in [1.54, 1.807) is 23.2 Å². The molecule has 1 aliphatic heterocycles. The quantitative estimate of drug-likeness (QED) is 0.558. The Morgan fingerprint density at radius 3 is 2.73 bits per heavy atom. The van der Waals surface area contributed by atoms with Crippen molar-refractivity contribution >= 4 is 40.7 Å². The second kappa shape index (κ2) is 8.88. The highest BCUT2D eigenvalue weighted by molar-refractivity contribution is 6.31. The first kappa shape index (κ1) is 22.0. The van der Waals surface area contributed by atoms with Crippen LogP contribution in [0, 0.1) is 5.41 Å². The maximum Gasteiger partial charge on any atom is 0.228 e. The van der Waals surface area contributed by atoms with Crippen LogP contribution in [0.4, 0.5) is 5.82 Å². The molecule has 1 aromatic carbocycles. The van der Waals surface area contributed by atoms with Gasteiger partial charge in [-0.1, -0.05) is 11.6 Å². The van der Waals surface area contributed by atoms with Crippen molar-refractivity contribution in [3.63, 3.8) is 0 Å². The lowest BCUT2D eigenvalue weighted by Crippen LogP contribution is -2.53. The van der Waals surface area contributed by atoms with Crippen molar-refractivity contribution in [2.75, 3.05) is 18.5 Å². The van der Waals surface area contributed by atoms with Crippen LogP contribution in [0.25, 0.3) is 11.1 Å². The Morgan fingerprint density at radius 2 is 2.03 bits per heavy atom. The minimum atomic E-state index is 0.0838. The molecular weight excluding hydrogens is 440 g/mol. The highest BCUT2D eigenvalue weighted by atomic mass is 35.5. The van der Waals surface area contributed by atoms with E-state index >= 15 is 0 Å². The van der Waals surface area contributed by atoms with E-state index in [0.717, 1.165) is 35.7 Å². The van der Waals surface area contributed by atoms with E-state index in [0.29, 0.717) is 40.7 Å². The van der Waals surface area contributed by atoms with Crippen molar-refractivity contribution in [1.29, 1.82) is 0 Å². The van der Waals surface area contributed by atoms with E-state index in [4.69, 9.17) is 16.0 Å².